The highest BCUT2D eigenvalue weighted by Gasteiger charge is 2.52. The van der Waals surface area contributed by atoms with Crippen LogP contribution in [0.2, 0.25) is 0 Å². The summed E-state index contributed by atoms with van der Waals surface area (Å²) >= 11 is 1.49. The number of nitrogens with one attached hydrogen (secondary N) is 1. The third-order valence-electron chi connectivity index (χ3n) is 4.54. The van der Waals surface area contributed by atoms with Crippen LogP contribution in [0.15, 0.2) is 23.5 Å². The molecule has 3 aliphatic heterocycles. The predicted molar refractivity (Wildman–Crippen MR) is 84.9 cm³/mol. The Morgan fingerprint density at radius 2 is 2.33 bits per heavy atom. The van der Waals surface area contributed by atoms with E-state index in [2.05, 4.69) is 5.32 Å². The molecular formula is C14H18N5O4S+. The maximum Gasteiger partial charge on any atom is 0.352 e. The van der Waals surface area contributed by atoms with E-state index in [-0.39, 0.29) is 17.0 Å². The van der Waals surface area contributed by atoms with Crippen LogP contribution in [0.1, 0.15) is 0 Å². The molecule has 1 aromatic rings. The van der Waals surface area contributed by atoms with Crippen molar-refractivity contribution in [2.75, 3.05) is 17.6 Å². The first-order chi connectivity index (χ1) is 11.5. The van der Waals surface area contributed by atoms with Crippen LogP contribution in [-0.4, -0.2) is 61.5 Å². The number of fused-ring (bicyclic) bond motifs is 2. The number of amides is 1. The summed E-state index contributed by atoms with van der Waals surface area (Å²) in [6.45, 7) is 1.27. The second-order valence-corrected chi connectivity index (χ2v) is 7.21. The SMILES string of the molecule is N[C@@H]1C(=O)N2C(C(=O)O)=C(C[n+]3ccc4n3CC(O)CN4)CS[C@H]12. The maximum absolute atomic E-state index is 12.0. The Balaban J connectivity index is 1.67. The number of rotatable bonds is 3. The third-order valence-corrected chi connectivity index (χ3v) is 5.90. The number of hydrogen-bond donors (Lipinski definition) is 4. The number of hydrogen-bond acceptors (Lipinski definition) is 6. The van der Waals surface area contributed by atoms with Gasteiger partial charge in [-0.05, 0) is 0 Å². The van der Waals surface area contributed by atoms with Crippen molar-refractivity contribution < 1.29 is 24.5 Å². The molecule has 1 aromatic heterocycles. The Hall–Kier alpha value is -2.04. The van der Waals surface area contributed by atoms with Gasteiger partial charge in [-0.2, -0.15) is 0 Å². The quantitative estimate of drug-likeness (QED) is 0.371. The standard InChI is InChI=1S/C14H17N5O4S/c15-10-12(21)19-11(14(22)23)7(6-24-13(10)19)4-17-2-1-9-16-3-8(20)5-18(9)17/h1-2,8,10,13,20H,3-6,15H2,(H,22,23)/p+1/t8?,10-,13-/m1/s1. The fourth-order valence-electron chi connectivity index (χ4n) is 3.34. The van der Waals surface area contributed by atoms with Crippen LogP contribution >= 0.6 is 11.8 Å². The van der Waals surface area contributed by atoms with E-state index < -0.39 is 18.1 Å². The number of thioether (sulfide) groups is 1. The topological polar surface area (TPSA) is 125 Å². The lowest BCUT2D eigenvalue weighted by atomic mass is 10.0. The Bertz CT molecular complexity index is 760. The van der Waals surface area contributed by atoms with Crippen LogP contribution in [0, 0.1) is 0 Å². The van der Waals surface area contributed by atoms with E-state index >= 15 is 0 Å². The number of carbonyl (C=O) groups excluding carboxylic acids is 1. The minimum Gasteiger partial charge on any atom is -0.477 e. The van der Waals surface area contributed by atoms with Gasteiger partial charge in [0.05, 0.1) is 12.2 Å². The minimum absolute atomic E-state index is 0.0396. The van der Waals surface area contributed by atoms with Gasteiger partial charge in [-0.15, -0.1) is 21.1 Å². The van der Waals surface area contributed by atoms with Crippen LogP contribution in [0.3, 0.4) is 0 Å². The molecule has 1 saturated heterocycles. The van der Waals surface area contributed by atoms with E-state index in [1.807, 2.05) is 21.6 Å². The van der Waals surface area contributed by atoms with Gasteiger partial charge >= 0.3 is 5.97 Å². The normalized spacial score (nSPS) is 28.8. The molecule has 9 nitrogen and oxygen atoms in total. The number of aromatic nitrogens is 2. The summed E-state index contributed by atoms with van der Waals surface area (Å²) < 4.78 is 3.73. The largest absolute Gasteiger partial charge is 0.477 e. The smallest absolute Gasteiger partial charge is 0.352 e. The van der Waals surface area contributed by atoms with Gasteiger partial charge in [0.15, 0.2) is 18.6 Å². The molecular weight excluding hydrogens is 334 g/mol. The second kappa shape index (κ2) is 5.50. The van der Waals surface area contributed by atoms with Gasteiger partial charge in [0.2, 0.25) is 5.91 Å². The third kappa shape index (κ3) is 2.21. The summed E-state index contributed by atoms with van der Waals surface area (Å²) in [4.78, 5) is 25.0. The first kappa shape index (κ1) is 15.5. The maximum atomic E-state index is 12.0. The molecule has 4 rings (SSSR count). The van der Waals surface area contributed by atoms with Crippen LogP contribution in [0.5, 0.6) is 0 Å². The Kier molecular flexibility index (Phi) is 3.55. The molecule has 4 heterocycles. The highest BCUT2D eigenvalue weighted by atomic mass is 32.2. The highest BCUT2D eigenvalue weighted by Crippen LogP contribution is 2.39. The summed E-state index contributed by atoms with van der Waals surface area (Å²) in [6, 6.07) is 1.26. The fraction of sp³-hybridized carbons (Fsp3) is 0.500. The van der Waals surface area contributed by atoms with Crippen molar-refractivity contribution in [3.8, 4) is 0 Å². The van der Waals surface area contributed by atoms with Gasteiger partial charge in [-0.1, -0.05) is 0 Å². The molecule has 3 atom stereocenters. The summed E-state index contributed by atoms with van der Waals surface area (Å²) in [5.74, 6) is -0.0740. The van der Waals surface area contributed by atoms with Crippen molar-refractivity contribution >= 4 is 29.5 Å². The molecule has 0 spiro atoms. The molecule has 0 aromatic carbocycles. The summed E-state index contributed by atoms with van der Waals surface area (Å²) in [5.41, 5.74) is 6.46. The first-order valence-electron chi connectivity index (χ1n) is 7.64. The molecule has 1 unspecified atom stereocenters. The zero-order valence-corrected chi connectivity index (χ0v) is 13.6. The first-order valence-corrected chi connectivity index (χ1v) is 8.69. The number of carboxylic acid groups (broad SMARTS) is 1. The van der Waals surface area contributed by atoms with Gasteiger partial charge < -0.3 is 21.3 Å². The van der Waals surface area contributed by atoms with E-state index in [1.54, 1.807) is 0 Å². The summed E-state index contributed by atoms with van der Waals surface area (Å²) in [6.07, 6.45) is 1.34. The van der Waals surface area contributed by atoms with Crippen LogP contribution < -0.4 is 15.7 Å². The van der Waals surface area contributed by atoms with E-state index in [4.69, 9.17) is 5.73 Å². The number of aliphatic hydroxyl groups excluding tert-OH is 1. The van der Waals surface area contributed by atoms with E-state index in [0.29, 0.717) is 31.0 Å². The molecule has 1 amide bonds. The van der Waals surface area contributed by atoms with Gasteiger partial charge in [0.25, 0.3) is 0 Å². The monoisotopic (exact) mass is 352 g/mol. The Labute approximate surface area is 141 Å². The molecule has 0 saturated carbocycles. The predicted octanol–water partition coefficient (Wildman–Crippen LogP) is -1.86. The van der Waals surface area contributed by atoms with Gasteiger partial charge in [0.1, 0.15) is 23.7 Å². The van der Waals surface area contributed by atoms with Crippen molar-refractivity contribution in [3.63, 3.8) is 0 Å². The number of nitrogens with zero attached hydrogens (tertiary/aromatic N) is 3. The van der Waals surface area contributed by atoms with E-state index in [1.165, 1.54) is 16.7 Å². The lowest BCUT2D eigenvalue weighted by Crippen LogP contribution is -2.68. The van der Waals surface area contributed by atoms with E-state index in [9.17, 15) is 19.8 Å². The second-order valence-electron chi connectivity index (χ2n) is 6.11. The Morgan fingerprint density at radius 3 is 3.08 bits per heavy atom. The van der Waals surface area contributed by atoms with Gasteiger partial charge in [-0.3, -0.25) is 9.69 Å². The summed E-state index contributed by atoms with van der Waals surface area (Å²) in [5, 5.41) is 22.2. The Morgan fingerprint density at radius 1 is 1.54 bits per heavy atom. The number of carboxylic acids is 1. The average molecular weight is 352 g/mol. The van der Waals surface area contributed by atoms with Gasteiger partial charge in [-0.25, -0.2) is 4.79 Å². The van der Waals surface area contributed by atoms with Crippen LogP contribution in [0.25, 0.3) is 0 Å². The number of aliphatic hydroxyl groups is 1. The number of nitrogens with two attached hydrogens (primary N) is 1. The zero-order valence-electron chi connectivity index (χ0n) is 12.8. The van der Waals surface area contributed by atoms with Crippen LogP contribution in [-0.2, 0) is 22.7 Å². The van der Waals surface area contributed by atoms with Crippen molar-refractivity contribution in [2.24, 2.45) is 5.73 Å². The minimum atomic E-state index is -1.11. The molecule has 1 fully saturated rings. The molecule has 24 heavy (non-hydrogen) atoms. The average Bonchev–Trinajstić information content (AvgIpc) is 2.95. The highest BCUT2D eigenvalue weighted by molar-refractivity contribution is 8.00. The molecule has 0 bridgehead atoms. The van der Waals surface area contributed by atoms with Crippen molar-refractivity contribution in [1.29, 1.82) is 0 Å². The number of β-lactam (4-membered cyclic amide) rings is 1. The molecule has 128 valence electrons. The fourth-order valence-corrected chi connectivity index (χ4v) is 4.62. The van der Waals surface area contributed by atoms with Crippen molar-refractivity contribution in [1.82, 2.24) is 9.58 Å². The zero-order chi connectivity index (χ0) is 17.0. The molecule has 10 heteroatoms. The molecule has 0 radical (unpaired) electrons. The van der Waals surface area contributed by atoms with Crippen molar-refractivity contribution in [3.05, 3.63) is 23.5 Å². The number of aliphatic carboxylic acids is 1. The van der Waals surface area contributed by atoms with Gasteiger partial charge in [0, 0.05) is 17.9 Å². The number of β-amino-alcohol motifs (C(OH)–C–C–N with tert-alkyl or cyclic N) is 1. The van der Waals surface area contributed by atoms with Crippen LogP contribution in [0.4, 0.5) is 5.82 Å². The molecule has 0 aliphatic carbocycles. The lowest BCUT2D eigenvalue weighted by Gasteiger charge is -2.47. The van der Waals surface area contributed by atoms with E-state index in [0.717, 1.165) is 5.82 Å². The molecule has 3 aliphatic rings. The number of anilines is 1. The lowest BCUT2D eigenvalue weighted by molar-refractivity contribution is -0.768. The summed E-state index contributed by atoms with van der Waals surface area (Å²) in [7, 11) is 0. The molecule has 5 N–H and O–H groups in total. The van der Waals surface area contributed by atoms with Crippen molar-refractivity contribution in [2.45, 2.75) is 30.6 Å². The number of carbonyl (C=O) groups is 2.